The first-order valence-electron chi connectivity index (χ1n) is 10.1. The fourth-order valence-electron chi connectivity index (χ4n) is 4.01. The third kappa shape index (κ3) is 3.78. The average molecular weight is 373 g/mol. The molecule has 1 N–H and O–H groups in total. The summed E-state index contributed by atoms with van der Waals surface area (Å²) >= 11 is 0. The number of rotatable bonds is 4. The fourth-order valence-corrected chi connectivity index (χ4v) is 4.01. The second-order valence-electron chi connectivity index (χ2n) is 7.50. The lowest BCUT2D eigenvalue weighted by Crippen LogP contribution is -2.13. The normalized spacial score (nSPS) is 15.5. The number of nitrogens with one attached hydrogen (secondary N) is 1. The number of hydrogen-bond donors (Lipinski definition) is 1. The van der Waals surface area contributed by atoms with Crippen LogP contribution in [0, 0.1) is 0 Å². The van der Waals surface area contributed by atoms with Gasteiger partial charge in [-0.25, -0.2) is 0 Å². The van der Waals surface area contributed by atoms with Gasteiger partial charge < -0.3 is 5.32 Å². The SMILES string of the molecule is C(=Cc1ccc(C2NCc3ccccc32)cc1)c1ccc(-c2ccccc2)cc1. The molecule has 0 aliphatic carbocycles. The topological polar surface area (TPSA) is 12.0 Å². The summed E-state index contributed by atoms with van der Waals surface area (Å²) in [6.45, 7) is 0.946. The summed E-state index contributed by atoms with van der Waals surface area (Å²) in [6.07, 6.45) is 4.35. The van der Waals surface area contributed by atoms with Crippen LogP contribution in [0.2, 0.25) is 0 Å². The van der Waals surface area contributed by atoms with E-state index in [0.717, 1.165) is 6.54 Å². The van der Waals surface area contributed by atoms with Crippen LogP contribution < -0.4 is 5.32 Å². The zero-order valence-electron chi connectivity index (χ0n) is 16.3. The molecule has 0 radical (unpaired) electrons. The van der Waals surface area contributed by atoms with Gasteiger partial charge in [-0.3, -0.25) is 0 Å². The molecule has 1 unspecified atom stereocenters. The standard InChI is InChI=1S/C28H23N/c1-2-6-23(7-3-1)24-16-12-21(13-17-24)10-11-22-14-18-25(19-15-22)28-27-9-5-4-8-26(27)20-29-28/h1-19,28-29H,20H2. The molecular weight excluding hydrogens is 350 g/mol. The largest absolute Gasteiger partial charge is 0.302 e. The summed E-state index contributed by atoms with van der Waals surface area (Å²) in [7, 11) is 0. The predicted octanol–water partition coefficient (Wildman–Crippen LogP) is 6.72. The minimum Gasteiger partial charge on any atom is -0.302 e. The van der Waals surface area contributed by atoms with E-state index in [1.165, 1.54) is 38.9 Å². The Balaban J connectivity index is 1.30. The lowest BCUT2D eigenvalue weighted by atomic mass is 9.97. The average Bonchev–Trinajstić information content (AvgIpc) is 3.23. The second-order valence-corrected chi connectivity index (χ2v) is 7.50. The molecule has 0 bridgehead atoms. The molecule has 4 aromatic rings. The van der Waals surface area contributed by atoms with Crippen molar-refractivity contribution < 1.29 is 0 Å². The molecule has 0 aromatic heterocycles. The van der Waals surface area contributed by atoms with Crippen molar-refractivity contribution in [3.05, 3.63) is 131 Å². The van der Waals surface area contributed by atoms with E-state index < -0.39 is 0 Å². The molecule has 1 heteroatoms. The third-order valence-corrected chi connectivity index (χ3v) is 5.62. The monoisotopic (exact) mass is 373 g/mol. The first kappa shape index (κ1) is 17.7. The zero-order chi connectivity index (χ0) is 19.5. The van der Waals surface area contributed by atoms with Crippen molar-refractivity contribution in [2.24, 2.45) is 0 Å². The van der Waals surface area contributed by atoms with Crippen LogP contribution in [0.3, 0.4) is 0 Å². The van der Waals surface area contributed by atoms with Crippen molar-refractivity contribution in [1.29, 1.82) is 0 Å². The van der Waals surface area contributed by atoms with Crippen molar-refractivity contribution >= 4 is 12.2 Å². The maximum atomic E-state index is 3.62. The minimum atomic E-state index is 0.301. The Labute approximate surface area is 172 Å². The molecular formula is C28H23N. The highest BCUT2D eigenvalue weighted by atomic mass is 14.9. The van der Waals surface area contributed by atoms with Crippen molar-refractivity contribution in [3.63, 3.8) is 0 Å². The van der Waals surface area contributed by atoms with E-state index in [-0.39, 0.29) is 0 Å². The van der Waals surface area contributed by atoms with Gasteiger partial charge in [-0.1, -0.05) is 115 Å². The highest BCUT2D eigenvalue weighted by Crippen LogP contribution is 2.30. The molecule has 5 rings (SSSR count). The molecule has 0 saturated carbocycles. The summed E-state index contributed by atoms with van der Waals surface area (Å²) < 4.78 is 0. The Kier molecular flexibility index (Phi) is 4.81. The highest BCUT2D eigenvalue weighted by molar-refractivity contribution is 5.72. The minimum absolute atomic E-state index is 0.301. The van der Waals surface area contributed by atoms with Gasteiger partial charge in [0.05, 0.1) is 6.04 Å². The van der Waals surface area contributed by atoms with Gasteiger partial charge in [0.15, 0.2) is 0 Å². The lowest BCUT2D eigenvalue weighted by molar-refractivity contribution is 0.667. The summed E-state index contributed by atoms with van der Waals surface area (Å²) in [4.78, 5) is 0. The number of benzene rings is 4. The molecule has 29 heavy (non-hydrogen) atoms. The fraction of sp³-hybridized carbons (Fsp3) is 0.0714. The molecule has 4 aromatic carbocycles. The van der Waals surface area contributed by atoms with Crippen molar-refractivity contribution in [1.82, 2.24) is 5.32 Å². The molecule has 0 saturated heterocycles. The maximum Gasteiger partial charge on any atom is 0.0582 e. The Morgan fingerprint density at radius 3 is 1.90 bits per heavy atom. The summed E-state index contributed by atoms with van der Waals surface area (Å²) in [6, 6.07) is 37.0. The predicted molar refractivity (Wildman–Crippen MR) is 122 cm³/mol. The van der Waals surface area contributed by atoms with Crippen LogP contribution >= 0.6 is 0 Å². The van der Waals surface area contributed by atoms with Gasteiger partial charge in [-0.2, -0.15) is 0 Å². The summed E-state index contributed by atoms with van der Waals surface area (Å²) in [5.41, 5.74) is 9.04. The molecule has 1 atom stereocenters. The van der Waals surface area contributed by atoms with Crippen molar-refractivity contribution in [2.75, 3.05) is 0 Å². The second kappa shape index (κ2) is 7.90. The Morgan fingerprint density at radius 1 is 0.586 bits per heavy atom. The van der Waals surface area contributed by atoms with Gasteiger partial charge in [0.2, 0.25) is 0 Å². The molecule has 0 fully saturated rings. The highest BCUT2D eigenvalue weighted by Gasteiger charge is 2.22. The van der Waals surface area contributed by atoms with Crippen LogP contribution in [-0.4, -0.2) is 0 Å². The number of hydrogen-bond acceptors (Lipinski definition) is 1. The summed E-state index contributed by atoms with van der Waals surface area (Å²) in [5.74, 6) is 0. The van der Waals surface area contributed by atoms with E-state index in [4.69, 9.17) is 0 Å². The van der Waals surface area contributed by atoms with Crippen LogP contribution in [0.15, 0.2) is 103 Å². The van der Waals surface area contributed by atoms with Gasteiger partial charge in [-0.05, 0) is 38.9 Å². The van der Waals surface area contributed by atoms with Crippen LogP contribution in [-0.2, 0) is 6.54 Å². The molecule has 1 aliphatic rings. The van der Waals surface area contributed by atoms with E-state index in [1.807, 2.05) is 6.07 Å². The molecule has 1 nitrogen and oxygen atoms in total. The van der Waals surface area contributed by atoms with Gasteiger partial charge in [-0.15, -0.1) is 0 Å². The van der Waals surface area contributed by atoms with Crippen LogP contribution in [0.5, 0.6) is 0 Å². The smallest absolute Gasteiger partial charge is 0.0582 e. The summed E-state index contributed by atoms with van der Waals surface area (Å²) in [5, 5.41) is 3.62. The molecule has 140 valence electrons. The van der Waals surface area contributed by atoms with Crippen LogP contribution in [0.1, 0.15) is 33.9 Å². The van der Waals surface area contributed by atoms with Gasteiger partial charge in [0.25, 0.3) is 0 Å². The zero-order valence-corrected chi connectivity index (χ0v) is 16.3. The molecule has 1 aliphatic heterocycles. The van der Waals surface area contributed by atoms with E-state index >= 15 is 0 Å². The van der Waals surface area contributed by atoms with Gasteiger partial charge >= 0.3 is 0 Å². The van der Waals surface area contributed by atoms with Gasteiger partial charge in [0.1, 0.15) is 0 Å². The van der Waals surface area contributed by atoms with E-state index in [2.05, 4.69) is 115 Å². The molecule has 0 amide bonds. The van der Waals surface area contributed by atoms with Crippen molar-refractivity contribution in [2.45, 2.75) is 12.6 Å². The quantitative estimate of drug-likeness (QED) is 0.392. The first-order chi connectivity index (χ1) is 14.4. The van der Waals surface area contributed by atoms with Gasteiger partial charge in [0, 0.05) is 6.54 Å². The Hall–Kier alpha value is -3.42. The van der Waals surface area contributed by atoms with E-state index in [0.29, 0.717) is 6.04 Å². The van der Waals surface area contributed by atoms with Crippen LogP contribution in [0.25, 0.3) is 23.3 Å². The molecule has 1 heterocycles. The van der Waals surface area contributed by atoms with Crippen molar-refractivity contribution in [3.8, 4) is 11.1 Å². The lowest BCUT2D eigenvalue weighted by Gasteiger charge is -2.12. The first-order valence-corrected chi connectivity index (χ1v) is 10.1. The van der Waals surface area contributed by atoms with E-state index in [1.54, 1.807) is 0 Å². The Morgan fingerprint density at radius 2 is 1.17 bits per heavy atom. The maximum absolute atomic E-state index is 3.62. The van der Waals surface area contributed by atoms with Crippen LogP contribution in [0.4, 0.5) is 0 Å². The third-order valence-electron chi connectivity index (χ3n) is 5.62. The molecule has 0 spiro atoms. The number of fused-ring (bicyclic) bond motifs is 1. The Bertz CT molecular complexity index is 1120. The van der Waals surface area contributed by atoms with E-state index in [9.17, 15) is 0 Å².